The van der Waals surface area contributed by atoms with Crippen LogP contribution in [0.15, 0.2) is 34.9 Å². The Hall–Kier alpha value is -2.94. The Morgan fingerprint density at radius 2 is 2.10 bits per heavy atom. The minimum Gasteiger partial charge on any atom is -0.393 e. The lowest BCUT2D eigenvalue weighted by Crippen LogP contribution is -2.43. The Kier molecular flexibility index (Phi) is 5.47. The van der Waals surface area contributed by atoms with Crippen molar-refractivity contribution in [3.8, 4) is 11.3 Å². The number of likely N-dealkylation sites (tertiary alicyclic amines) is 1. The lowest BCUT2D eigenvalue weighted by Gasteiger charge is -2.34. The van der Waals surface area contributed by atoms with Crippen LogP contribution in [0.25, 0.3) is 22.4 Å². The van der Waals surface area contributed by atoms with Crippen molar-refractivity contribution in [2.45, 2.75) is 39.0 Å². The summed E-state index contributed by atoms with van der Waals surface area (Å²) in [4.78, 5) is 19.4. The predicted octanol–water partition coefficient (Wildman–Crippen LogP) is 4.45. The quantitative estimate of drug-likeness (QED) is 0.660. The molecule has 164 valence electrons. The van der Waals surface area contributed by atoms with E-state index in [2.05, 4.69) is 10.1 Å². The second-order valence-corrected chi connectivity index (χ2v) is 7.98. The standard InChI is InChI=1S/C22H22F3N3O3/c1-12-19-17(21(30)28-8-4-6-15(11-28)13(2)29)10-18(26-20(19)31-27-12)14-5-3-7-16(9-14)22(23,24)25/h3,5,7,9-10,13,15,29H,4,6,8,11H2,1-2H3. The van der Waals surface area contributed by atoms with Crippen molar-refractivity contribution in [3.63, 3.8) is 0 Å². The molecule has 9 heteroatoms. The third kappa shape index (κ3) is 4.14. The number of pyridine rings is 1. The highest BCUT2D eigenvalue weighted by molar-refractivity contribution is 6.07. The van der Waals surface area contributed by atoms with Gasteiger partial charge in [0.05, 0.1) is 34.0 Å². The number of amides is 1. The lowest BCUT2D eigenvalue weighted by atomic mass is 9.92. The number of carbonyl (C=O) groups is 1. The van der Waals surface area contributed by atoms with Crippen LogP contribution in [0.2, 0.25) is 0 Å². The molecule has 1 saturated heterocycles. The van der Waals surface area contributed by atoms with E-state index < -0.39 is 17.8 Å². The first-order valence-electron chi connectivity index (χ1n) is 10.1. The Morgan fingerprint density at radius 1 is 1.32 bits per heavy atom. The Morgan fingerprint density at radius 3 is 2.81 bits per heavy atom. The van der Waals surface area contributed by atoms with Crippen LogP contribution in [0.3, 0.4) is 0 Å². The van der Waals surface area contributed by atoms with Gasteiger partial charge in [-0.3, -0.25) is 4.79 Å². The van der Waals surface area contributed by atoms with Crippen LogP contribution < -0.4 is 0 Å². The van der Waals surface area contributed by atoms with E-state index in [0.717, 1.165) is 25.0 Å². The summed E-state index contributed by atoms with van der Waals surface area (Å²) in [5, 5.41) is 14.3. The molecule has 1 fully saturated rings. The minimum atomic E-state index is -4.49. The predicted molar refractivity (Wildman–Crippen MR) is 107 cm³/mol. The number of carbonyl (C=O) groups excluding carboxylic acids is 1. The second-order valence-electron chi connectivity index (χ2n) is 7.98. The maximum Gasteiger partial charge on any atom is 0.416 e. The average molecular weight is 433 g/mol. The Labute approximate surface area is 176 Å². The van der Waals surface area contributed by atoms with E-state index >= 15 is 0 Å². The van der Waals surface area contributed by atoms with Crippen LogP contribution in [-0.4, -0.2) is 45.2 Å². The average Bonchev–Trinajstić information content (AvgIpc) is 3.13. The molecule has 3 heterocycles. The normalized spacial score (nSPS) is 18.4. The van der Waals surface area contributed by atoms with Crippen LogP contribution in [0.5, 0.6) is 0 Å². The smallest absolute Gasteiger partial charge is 0.393 e. The molecule has 2 unspecified atom stereocenters. The van der Waals surface area contributed by atoms with Gasteiger partial charge in [-0.2, -0.15) is 13.2 Å². The van der Waals surface area contributed by atoms with Crippen LogP contribution in [0.4, 0.5) is 13.2 Å². The first-order chi connectivity index (χ1) is 14.6. The van der Waals surface area contributed by atoms with Crippen molar-refractivity contribution in [1.29, 1.82) is 0 Å². The number of halogens is 3. The number of aliphatic hydroxyl groups excluding tert-OH is 1. The topological polar surface area (TPSA) is 79.5 Å². The van der Waals surface area contributed by atoms with Gasteiger partial charge in [0.15, 0.2) is 0 Å². The Balaban J connectivity index is 1.79. The molecule has 1 amide bonds. The van der Waals surface area contributed by atoms with Crippen molar-refractivity contribution in [3.05, 3.63) is 47.2 Å². The molecule has 1 aliphatic heterocycles. The number of aliphatic hydroxyl groups is 1. The van der Waals surface area contributed by atoms with E-state index in [-0.39, 0.29) is 34.4 Å². The monoisotopic (exact) mass is 433 g/mol. The van der Waals surface area contributed by atoms with Gasteiger partial charge < -0.3 is 14.5 Å². The SMILES string of the molecule is Cc1noc2nc(-c3cccc(C(F)(F)F)c3)cc(C(=O)N3CCCC(C(C)O)C3)c12. The van der Waals surface area contributed by atoms with Gasteiger partial charge in [0.25, 0.3) is 11.6 Å². The molecule has 1 N–H and O–H groups in total. The first kappa shape index (κ1) is 21.3. The highest BCUT2D eigenvalue weighted by Gasteiger charge is 2.32. The maximum atomic E-state index is 13.4. The van der Waals surface area contributed by atoms with Crippen molar-refractivity contribution in [2.24, 2.45) is 5.92 Å². The van der Waals surface area contributed by atoms with Gasteiger partial charge in [0.2, 0.25) is 0 Å². The van der Waals surface area contributed by atoms with E-state index in [1.165, 1.54) is 18.2 Å². The molecule has 0 bridgehead atoms. The molecule has 6 nitrogen and oxygen atoms in total. The molecule has 2 atom stereocenters. The summed E-state index contributed by atoms with van der Waals surface area (Å²) >= 11 is 0. The van der Waals surface area contributed by atoms with Gasteiger partial charge in [0, 0.05) is 24.6 Å². The zero-order valence-corrected chi connectivity index (χ0v) is 17.1. The number of hydrogen-bond acceptors (Lipinski definition) is 5. The number of nitrogens with zero attached hydrogens (tertiary/aromatic N) is 3. The number of rotatable bonds is 3. The second kappa shape index (κ2) is 7.96. The fraction of sp³-hybridized carbons (Fsp3) is 0.409. The highest BCUT2D eigenvalue weighted by atomic mass is 19.4. The minimum absolute atomic E-state index is 0.0264. The molecular weight excluding hydrogens is 411 g/mol. The van der Waals surface area contributed by atoms with Gasteiger partial charge >= 0.3 is 6.18 Å². The van der Waals surface area contributed by atoms with Crippen molar-refractivity contribution < 1.29 is 27.6 Å². The maximum absolute atomic E-state index is 13.4. The van der Waals surface area contributed by atoms with E-state index in [1.807, 2.05) is 0 Å². The summed E-state index contributed by atoms with van der Waals surface area (Å²) in [5.74, 6) is -0.307. The van der Waals surface area contributed by atoms with E-state index in [1.54, 1.807) is 18.7 Å². The summed E-state index contributed by atoms with van der Waals surface area (Å²) in [5.41, 5.74) is 0.472. The fourth-order valence-corrected chi connectivity index (χ4v) is 4.02. The van der Waals surface area contributed by atoms with Crippen LogP contribution in [0.1, 0.15) is 41.4 Å². The molecule has 0 radical (unpaired) electrons. The van der Waals surface area contributed by atoms with Crippen LogP contribution in [0, 0.1) is 12.8 Å². The fourth-order valence-electron chi connectivity index (χ4n) is 4.02. The summed E-state index contributed by atoms with van der Waals surface area (Å²) in [6.07, 6.45) is -3.44. The molecule has 4 rings (SSSR count). The number of aromatic nitrogens is 2. The van der Waals surface area contributed by atoms with Crippen LogP contribution >= 0.6 is 0 Å². The number of aryl methyl sites for hydroxylation is 1. The molecule has 2 aromatic heterocycles. The largest absolute Gasteiger partial charge is 0.416 e. The molecule has 1 aromatic carbocycles. The zero-order valence-electron chi connectivity index (χ0n) is 17.1. The zero-order chi connectivity index (χ0) is 22.3. The molecule has 3 aromatic rings. The molecule has 31 heavy (non-hydrogen) atoms. The first-order valence-corrected chi connectivity index (χ1v) is 10.1. The Bertz CT molecular complexity index is 1120. The summed E-state index contributed by atoms with van der Waals surface area (Å²) in [6.45, 7) is 4.33. The molecule has 0 saturated carbocycles. The molecule has 0 spiro atoms. The van der Waals surface area contributed by atoms with Gasteiger partial charge in [-0.1, -0.05) is 17.3 Å². The third-order valence-corrected chi connectivity index (χ3v) is 5.76. The highest BCUT2D eigenvalue weighted by Crippen LogP contribution is 2.34. The van der Waals surface area contributed by atoms with Gasteiger partial charge in [-0.25, -0.2) is 4.98 Å². The van der Waals surface area contributed by atoms with E-state index in [0.29, 0.717) is 24.2 Å². The lowest BCUT2D eigenvalue weighted by molar-refractivity contribution is -0.137. The summed E-state index contributed by atoms with van der Waals surface area (Å²) in [7, 11) is 0. The third-order valence-electron chi connectivity index (χ3n) is 5.76. The molecule has 0 aliphatic carbocycles. The number of fused-ring (bicyclic) bond motifs is 1. The van der Waals surface area contributed by atoms with E-state index in [9.17, 15) is 23.1 Å². The number of piperidine rings is 1. The number of alkyl halides is 3. The van der Waals surface area contributed by atoms with Crippen molar-refractivity contribution in [1.82, 2.24) is 15.0 Å². The molecular formula is C22H22F3N3O3. The number of hydrogen-bond donors (Lipinski definition) is 1. The summed E-state index contributed by atoms with van der Waals surface area (Å²) in [6, 6.07) is 6.28. The van der Waals surface area contributed by atoms with Crippen molar-refractivity contribution >= 4 is 17.0 Å². The van der Waals surface area contributed by atoms with Gasteiger partial charge in [0.1, 0.15) is 0 Å². The van der Waals surface area contributed by atoms with Crippen molar-refractivity contribution in [2.75, 3.05) is 13.1 Å². The number of benzene rings is 1. The van der Waals surface area contributed by atoms with Gasteiger partial charge in [-0.05, 0) is 44.9 Å². The van der Waals surface area contributed by atoms with Gasteiger partial charge in [-0.15, -0.1) is 0 Å². The van der Waals surface area contributed by atoms with Crippen LogP contribution in [-0.2, 0) is 6.18 Å². The van der Waals surface area contributed by atoms with E-state index in [4.69, 9.17) is 4.52 Å². The molecule has 1 aliphatic rings. The summed E-state index contributed by atoms with van der Waals surface area (Å²) < 4.78 is 44.7.